The standard InChI is InChI=1S/C6H14S.Au/c1-2-3-4-5-6-7;/h7H,2-6H2,1H3;/q;+1/p-1. The van der Waals surface area contributed by atoms with E-state index in [2.05, 4.69) is 6.92 Å². The van der Waals surface area contributed by atoms with E-state index in [1.807, 2.05) is 0 Å². The van der Waals surface area contributed by atoms with E-state index in [1.54, 1.807) is 0 Å². The predicted octanol–water partition coefficient (Wildman–Crippen LogP) is 2.11. The third kappa shape index (κ3) is 10.1. The molecule has 2 heteroatoms. The Kier molecular flexibility index (Phi) is 16.2. The van der Waals surface area contributed by atoms with Crippen LogP contribution in [0.25, 0.3) is 0 Å². The molecular weight excluding hydrogens is 301 g/mol. The van der Waals surface area contributed by atoms with Gasteiger partial charge in [-0.15, -0.1) is 0 Å². The fraction of sp³-hybridized carbons (Fsp3) is 1.00. The Labute approximate surface area is 73.4 Å². The Balaban J connectivity index is 0. The van der Waals surface area contributed by atoms with Gasteiger partial charge in [0, 0.05) is 0 Å². The van der Waals surface area contributed by atoms with Crippen molar-refractivity contribution < 1.29 is 22.4 Å². The molecule has 0 amide bonds. The van der Waals surface area contributed by atoms with E-state index in [0.29, 0.717) is 0 Å². The van der Waals surface area contributed by atoms with Crippen molar-refractivity contribution in [1.29, 1.82) is 0 Å². The molecule has 0 N–H and O–H groups in total. The minimum Gasteiger partial charge on any atom is -0.793 e. The summed E-state index contributed by atoms with van der Waals surface area (Å²) in [5.41, 5.74) is 0. The van der Waals surface area contributed by atoms with Crippen LogP contribution >= 0.6 is 0 Å². The van der Waals surface area contributed by atoms with Gasteiger partial charge in [0.1, 0.15) is 0 Å². The van der Waals surface area contributed by atoms with E-state index in [1.165, 1.54) is 25.7 Å². The van der Waals surface area contributed by atoms with Gasteiger partial charge in [-0.3, -0.25) is 0 Å². The molecule has 0 unspecified atom stereocenters. The van der Waals surface area contributed by atoms with Gasteiger partial charge in [0.2, 0.25) is 0 Å². The molecule has 0 fully saturated rings. The Morgan fingerprint density at radius 3 is 2.12 bits per heavy atom. The van der Waals surface area contributed by atoms with Gasteiger partial charge in [0.25, 0.3) is 0 Å². The fourth-order valence-electron chi connectivity index (χ4n) is 0.529. The van der Waals surface area contributed by atoms with Gasteiger partial charge in [-0.25, -0.2) is 0 Å². The summed E-state index contributed by atoms with van der Waals surface area (Å²) >= 11 is 4.77. The van der Waals surface area contributed by atoms with Crippen molar-refractivity contribution in [2.24, 2.45) is 0 Å². The average Bonchev–Trinajstić information content (AvgIpc) is 1.69. The van der Waals surface area contributed by atoms with Crippen molar-refractivity contribution in [3.05, 3.63) is 0 Å². The molecule has 0 aliphatic rings. The molecule has 0 saturated carbocycles. The third-order valence-corrected chi connectivity index (χ3v) is 1.29. The van der Waals surface area contributed by atoms with Gasteiger partial charge < -0.3 is 12.6 Å². The predicted molar refractivity (Wildman–Crippen MR) is 36.4 cm³/mol. The molecular formula is C6H13AuS. The van der Waals surface area contributed by atoms with Crippen molar-refractivity contribution in [3.63, 3.8) is 0 Å². The molecule has 0 bridgehead atoms. The molecule has 0 aromatic rings. The van der Waals surface area contributed by atoms with Crippen LogP contribution in [0, 0.1) is 0 Å². The molecule has 0 rings (SSSR count). The zero-order valence-electron chi connectivity index (χ0n) is 5.25. The van der Waals surface area contributed by atoms with E-state index >= 15 is 0 Å². The second-order valence-electron chi connectivity index (χ2n) is 1.76. The molecule has 8 heavy (non-hydrogen) atoms. The van der Waals surface area contributed by atoms with Crippen molar-refractivity contribution >= 4 is 12.6 Å². The van der Waals surface area contributed by atoms with Gasteiger partial charge in [-0.05, 0) is 0 Å². The van der Waals surface area contributed by atoms with Crippen LogP contribution in [0.2, 0.25) is 0 Å². The van der Waals surface area contributed by atoms with Crippen LogP contribution in [0.15, 0.2) is 0 Å². The zero-order chi connectivity index (χ0) is 5.54. The molecule has 0 nitrogen and oxygen atoms in total. The Hall–Kier alpha value is 1.09. The number of hydrogen-bond donors (Lipinski definition) is 0. The quantitative estimate of drug-likeness (QED) is 0.435. The minimum atomic E-state index is 0. The summed E-state index contributed by atoms with van der Waals surface area (Å²) in [6.45, 7) is 2.21. The van der Waals surface area contributed by atoms with Crippen LogP contribution in [0.3, 0.4) is 0 Å². The SMILES string of the molecule is CCCCCC[S-].[Au+]. The first-order valence-electron chi connectivity index (χ1n) is 3.00. The molecule has 0 atom stereocenters. The molecule has 0 heterocycles. The second kappa shape index (κ2) is 11.0. The second-order valence-corrected chi connectivity index (χ2v) is 2.17. The fourth-order valence-corrected chi connectivity index (χ4v) is 0.733. The smallest absolute Gasteiger partial charge is 0.793 e. The van der Waals surface area contributed by atoms with Gasteiger partial charge in [0.05, 0.1) is 0 Å². The maximum atomic E-state index is 4.77. The van der Waals surface area contributed by atoms with Gasteiger partial charge in [0.15, 0.2) is 0 Å². The third-order valence-electron chi connectivity index (χ3n) is 0.998. The Morgan fingerprint density at radius 1 is 1.12 bits per heavy atom. The molecule has 0 aromatic heterocycles. The maximum absolute atomic E-state index is 4.77. The van der Waals surface area contributed by atoms with E-state index in [4.69, 9.17) is 12.6 Å². The topological polar surface area (TPSA) is 0 Å². The molecule has 0 spiro atoms. The molecule has 0 saturated heterocycles. The zero-order valence-corrected chi connectivity index (χ0v) is 8.23. The summed E-state index contributed by atoms with van der Waals surface area (Å²) in [4.78, 5) is 0. The summed E-state index contributed by atoms with van der Waals surface area (Å²) in [5, 5.41) is 0. The van der Waals surface area contributed by atoms with Crippen LogP contribution in [-0.4, -0.2) is 5.75 Å². The van der Waals surface area contributed by atoms with Crippen LogP contribution in [0.4, 0.5) is 0 Å². The van der Waals surface area contributed by atoms with Crippen molar-refractivity contribution in [2.45, 2.75) is 32.6 Å². The minimum absolute atomic E-state index is 0. The summed E-state index contributed by atoms with van der Waals surface area (Å²) in [6.07, 6.45) is 5.25. The van der Waals surface area contributed by atoms with Crippen LogP contribution < -0.4 is 0 Å². The van der Waals surface area contributed by atoms with E-state index < -0.39 is 0 Å². The normalized spacial score (nSPS) is 8.25. The van der Waals surface area contributed by atoms with Crippen molar-refractivity contribution in [3.8, 4) is 0 Å². The molecule has 54 valence electrons. The van der Waals surface area contributed by atoms with Crippen LogP contribution in [0.5, 0.6) is 0 Å². The summed E-state index contributed by atoms with van der Waals surface area (Å²) in [7, 11) is 0. The van der Waals surface area contributed by atoms with Gasteiger partial charge in [-0.1, -0.05) is 32.6 Å². The Morgan fingerprint density at radius 2 is 1.75 bits per heavy atom. The number of rotatable bonds is 4. The largest absolute Gasteiger partial charge is 1.00 e. The molecule has 0 aliphatic carbocycles. The van der Waals surface area contributed by atoms with Crippen molar-refractivity contribution in [2.75, 3.05) is 5.75 Å². The first-order chi connectivity index (χ1) is 3.41. The van der Waals surface area contributed by atoms with Crippen LogP contribution in [-0.2, 0) is 35.0 Å². The van der Waals surface area contributed by atoms with Gasteiger partial charge >= 0.3 is 22.4 Å². The number of hydrogen-bond acceptors (Lipinski definition) is 1. The van der Waals surface area contributed by atoms with Crippen LogP contribution in [0.1, 0.15) is 32.6 Å². The number of unbranched alkanes of at least 4 members (excludes halogenated alkanes) is 3. The average molecular weight is 314 g/mol. The molecule has 0 aromatic carbocycles. The monoisotopic (exact) mass is 314 g/mol. The molecule has 0 aliphatic heterocycles. The Bertz CT molecular complexity index is 27.7. The first-order valence-corrected chi connectivity index (χ1v) is 3.57. The molecule has 0 radical (unpaired) electrons. The van der Waals surface area contributed by atoms with E-state index in [9.17, 15) is 0 Å². The van der Waals surface area contributed by atoms with Gasteiger partial charge in [-0.2, -0.15) is 5.75 Å². The summed E-state index contributed by atoms with van der Waals surface area (Å²) in [5.74, 6) is 0.944. The van der Waals surface area contributed by atoms with E-state index in [0.717, 1.165) is 5.75 Å². The first kappa shape index (κ1) is 11.8. The van der Waals surface area contributed by atoms with E-state index in [-0.39, 0.29) is 22.4 Å². The summed E-state index contributed by atoms with van der Waals surface area (Å²) < 4.78 is 0. The summed E-state index contributed by atoms with van der Waals surface area (Å²) in [6, 6.07) is 0. The maximum Gasteiger partial charge on any atom is 1.00 e. The van der Waals surface area contributed by atoms with Crippen molar-refractivity contribution in [1.82, 2.24) is 0 Å².